The fourth-order valence-corrected chi connectivity index (χ4v) is 4.22. The van der Waals surface area contributed by atoms with Crippen molar-refractivity contribution in [1.82, 2.24) is 0 Å². The summed E-state index contributed by atoms with van der Waals surface area (Å²) in [6.07, 6.45) is 3.64. The fraction of sp³-hybridized carbons (Fsp3) is 0.222. The Balaban J connectivity index is 1.69. The molecule has 0 heterocycles. The van der Waals surface area contributed by atoms with Crippen LogP contribution in [-0.2, 0) is 12.8 Å². The van der Waals surface area contributed by atoms with Gasteiger partial charge >= 0.3 is 0 Å². The summed E-state index contributed by atoms with van der Waals surface area (Å²) in [4.78, 5) is 21.9. The molecule has 0 N–H and O–H groups in total. The van der Waals surface area contributed by atoms with Gasteiger partial charge in [-0.2, -0.15) is 0 Å². The molecule has 22 heavy (non-hydrogen) atoms. The lowest BCUT2D eigenvalue weighted by Crippen LogP contribution is -1.95. The van der Waals surface area contributed by atoms with Gasteiger partial charge in [-0.1, -0.05) is 70.1 Å². The van der Waals surface area contributed by atoms with Crippen molar-refractivity contribution in [3.63, 3.8) is 0 Å². The Morgan fingerprint density at radius 3 is 1.50 bits per heavy atom. The van der Waals surface area contributed by atoms with Crippen molar-refractivity contribution >= 4 is 34.2 Å². The molecule has 0 radical (unpaired) electrons. The number of rotatable bonds is 9. The first kappa shape index (κ1) is 16.8. The van der Waals surface area contributed by atoms with Crippen molar-refractivity contribution in [2.45, 2.75) is 12.8 Å². The van der Waals surface area contributed by atoms with Crippen LogP contribution >= 0.6 is 21.6 Å². The Hall–Kier alpha value is -1.52. The van der Waals surface area contributed by atoms with Crippen molar-refractivity contribution in [1.29, 1.82) is 0 Å². The third-order valence-electron chi connectivity index (χ3n) is 3.36. The van der Waals surface area contributed by atoms with Gasteiger partial charge in [-0.3, -0.25) is 9.59 Å². The molecule has 0 atom stereocenters. The molecular formula is C18H18O2S2. The maximum Gasteiger partial charge on any atom is 0.150 e. The van der Waals surface area contributed by atoms with Gasteiger partial charge in [0.2, 0.25) is 0 Å². The van der Waals surface area contributed by atoms with E-state index >= 15 is 0 Å². The van der Waals surface area contributed by atoms with E-state index in [1.54, 1.807) is 0 Å². The van der Waals surface area contributed by atoms with Gasteiger partial charge in [0.25, 0.3) is 0 Å². The zero-order valence-corrected chi connectivity index (χ0v) is 13.9. The summed E-state index contributed by atoms with van der Waals surface area (Å²) < 4.78 is 0. The van der Waals surface area contributed by atoms with Gasteiger partial charge in [0.05, 0.1) is 0 Å². The van der Waals surface area contributed by atoms with Crippen molar-refractivity contribution in [3.05, 3.63) is 70.8 Å². The van der Waals surface area contributed by atoms with Crippen LogP contribution in [0.5, 0.6) is 0 Å². The average molecular weight is 330 g/mol. The highest BCUT2D eigenvalue weighted by Crippen LogP contribution is 2.24. The lowest BCUT2D eigenvalue weighted by atomic mass is 10.1. The maximum atomic E-state index is 10.9. The summed E-state index contributed by atoms with van der Waals surface area (Å²) in [5.74, 6) is 1.95. The van der Waals surface area contributed by atoms with E-state index in [9.17, 15) is 9.59 Å². The molecule has 2 aromatic carbocycles. The topological polar surface area (TPSA) is 34.1 Å². The summed E-state index contributed by atoms with van der Waals surface area (Å²) in [6, 6.07) is 15.4. The Kier molecular flexibility index (Phi) is 7.26. The number of carbonyl (C=O) groups is 2. The zero-order valence-electron chi connectivity index (χ0n) is 12.2. The van der Waals surface area contributed by atoms with E-state index in [1.165, 1.54) is 0 Å². The highest BCUT2D eigenvalue weighted by atomic mass is 33.1. The van der Waals surface area contributed by atoms with Crippen LogP contribution in [0.2, 0.25) is 0 Å². The molecule has 114 valence electrons. The molecule has 0 fully saturated rings. The van der Waals surface area contributed by atoms with Crippen LogP contribution in [0.3, 0.4) is 0 Å². The minimum absolute atomic E-state index is 0.785. The van der Waals surface area contributed by atoms with E-state index in [1.807, 2.05) is 70.1 Å². The van der Waals surface area contributed by atoms with E-state index in [2.05, 4.69) is 0 Å². The molecule has 0 spiro atoms. The molecular weight excluding hydrogens is 312 g/mol. The maximum absolute atomic E-state index is 10.9. The van der Waals surface area contributed by atoms with Crippen molar-refractivity contribution < 1.29 is 9.59 Å². The van der Waals surface area contributed by atoms with E-state index in [0.29, 0.717) is 0 Å². The van der Waals surface area contributed by atoms with Gasteiger partial charge in [-0.25, -0.2) is 0 Å². The minimum atomic E-state index is 0.785. The molecule has 0 aliphatic rings. The molecule has 0 amide bonds. The second-order valence-corrected chi connectivity index (χ2v) is 7.48. The third kappa shape index (κ3) is 5.04. The van der Waals surface area contributed by atoms with Gasteiger partial charge in [-0.15, -0.1) is 0 Å². The normalized spacial score (nSPS) is 10.4. The second kappa shape index (κ2) is 9.49. The van der Waals surface area contributed by atoms with E-state index in [0.717, 1.165) is 59.2 Å². The Bertz CT molecular complexity index is 570. The highest BCUT2D eigenvalue weighted by molar-refractivity contribution is 8.76. The summed E-state index contributed by atoms with van der Waals surface area (Å²) >= 11 is 0. The van der Waals surface area contributed by atoms with Crippen LogP contribution < -0.4 is 0 Å². The van der Waals surface area contributed by atoms with Crippen LogP contribution in [0.25, 0.3) is 0 Å². The van der Waals surface area contributed by atoms with Gasteiger partial charge in [-0.05, 0) is 24.0 Å². The molecule has 0 saturated carbocycles. The molecule has 0 unspecified atom stereocenters. The first-order chi connectivity index (χ1) is 10.8. The predicted molar refractivity (Wildman–Crippen MR) is 96.0 cm³/mol. The van der Waals surface area contributed by atoms with Gasteiger partial charge in [0, 0.05) is 22.6 Å². The van der Waals surface area contributed by atoms with Crippen LogP contribution in [0.4, 0.5) is 0 Å². The van der Waals surface area contributed by atoms with Gasteiger partial charge in [0.1, 0.15) is 12.6 Å². The third-order valence-corrected chi connectivity index (χ3v) is 5.77. The number of benzene rings is 2. The Morgan fingerprint density at radius 2 is 1.09 bits per heavy atom. The molecule has 0 aliphatic carbocycles. The molecule has 0 aromatic heterocycles. The number of hydrogen-bond acceptors (Lipinski definition) is 4. The second-order valence-electron chi connectivity index (χ2n) is 4.78. The number of carbonyl (C=O) groups excluding carboxylic acids is 2. The molecule has 2 aromatic rings. The van der Waals surface area contributed by atoms with Crippen LogP contribution in [-0.4, -0.2) is 24.1 Å². The lowest BCUT2D eigenvalue weighted by molar-refractivity contribution is 0.111. The van der Waals surface area contributed by atoms with Crippen LogP contribution in [0.15, 0.2) is 48.5 Å². The van der Waals surface area contributed by atoms with E-state index in [4.69, 9.17) is 0 Å². The van der Waals surface area contributed by atoms with Crippen molar-refractivity contribution in [2.75, 3.05) is 11.5 Å². The quantitative estimate of drug-likeness (QED) is 0.386. The first-order valence-corrected chi connectivity index (χ1v) is 9.64. The van der Waals surface area contributed by atoms with E-state index in [-0.39, 0.29) is 0 Å². The SMILES string of the molecule is O=Cc1ccccc1CCSSCCc1ccccc1C=O. The Labute approximate surface area is 139 Å². The summed E-state index contributed by atoms with van der Waals surface area (Å²) in [5, 5.41) is 0. The van der Waals surface area contributed by atoms with Crippen LogP contribution in [0.1, 0.15) is 31.8 Å². The predicted octanol–water partition coefficient (Wildman–Crippen LogP) is 4.48. The molecule has 2 nitrogen and oxygen atoms in total. The number of aryl methyl sites for hydroxylation is 2. The summed E-state index contributed by atoms with van der Waals surface area (Å²) in [6.45, 7) is 0. The Morgan fingerprint density at radius 1 is 0.682 bits per heavy atom. The summed E-state index contributed by atoms with van der Waals surface area (Å²) in [5.41, 5.74) is 3.79. The minimum Gasteiger partial charge on any atom is -0.298 e. The molecule has 0 bridgehead atoms. The van der Waals surface area contributed by atoms with Gasteiger partial charge < -0.3 is 0 Å². The monoisotopic (exact) mass is 330 g/mol. The number of aldehydes is 2. The fourth-order valence-electron chi connectivity index (χ4n) is 2.17. The van der Waals surface area contributed by atoms with E-state index < -0.39 is 0 Å². The zero-order chi connectivity index (χ0) is 15.6. The van der Waals surface area contributed by atoms with Gasteiger partial charge in [0.15, 0.2) is 0 Å². The first-order valence-electron chi connectivity index (χ1n) is 7.15. The smallest absolute Gasteiger partial charge is 0.150 e. The number of hydrogen-bond donors (Lipinski definition) is 0. The van der Waals surface area contributed by atoms with Crippen LogP contribution in [0, 0.1) is 0 Å². The standard InChI is InChI=1S/C18H18O2S2/c19-13-17-7-3-1-5-15(17)9-11-21-22-12-10-16-6-2-4-8-18(16)14-20/h1-8,13-14H,9-12H2. The summed E-state index contributed by atoms with van der Waals surface area (Å²) in [7, 11) is 3.62. The average Bonchev–Trinajstić information content (AvgIpc) is 2.58. The molecule has 0 saturated heterocycles. The molecule has 0 aliphatic heterocycles. The van der Waals surface area contributed by atoms with Crippen molar-refractivity contribution in [2.24, 2.45) is 0 Å². The lowest BCUT2D eigenvalue weighted by Gasteiger charge is -2.05. The van der Waals surface area contributed by atoms with Crippen molar-refractivity contribution in [3.8, 4) is 0 Å². The molecule has 4 heteroatoms. The largest absolute Gasteiger partial charge is 0.298 e. The highest BCUT2D eigenvalue weighted by Gasteiger charge is 2.02. The molecule has 2 rings (SSSR count).